The molecular weight excluding hydrogens is 298 g/mol. The molecule has 0 amide bonds. The van der Waals surface area contributed by atoms with Crippen molar-refractivity contribution in [2.24, 2.45) is 7.05 Å². The number of nitrogens with zero attached hydrogens (tertiary/aromatic N) is 4. The average Bonchev–Trinajstić information content (AvgIpc) is 2.97. The Kier molecular flexibility index (Phi) is 5.09. The summed E-state index contributed by atoms with van der Waals surface area (Å²) in [6.45, 7) is 12.0. The van der Waals surface area contributed by atoms with Crippen molar-refractivity contribution < 1.29 is 0 Å². The molecule has 2 aromatic rings. The summed E-state index contributed by atoms with van der Waals surface area (Å²) in [6.07, 6.45) is 3.75. The normalized spacial score (nSPS) is 16.0. The molecule has 0 radical (unpaired) electrons. The van der Waals surface area contributed by atoms with E-state index in [0.29, 0.717) is 6.04 Å². The lowest BCUT2D eigenvalue weighted by Crippen LogP contribution is -2.48. The molecule has 0 saturated carbocycles. The van der Waals surface area contributed by atoms with E-state index < -0.39 is 0 Å². The summed E-state index contributed by atoms with van der Waals surface area (Å²) >= 11 is 0. The van der Waals surface area contributed by atoms with Crippen molar-refractivity contribution in [2.75, 3.05) is 36.4 Å². The van der Waals surface area contributed by atoms with Gasteiger partial charge in [-0.05, 0) is 44.5 Å². The Morgan fingerprint density at radius 1 is 1.12 bits per heavy atom. The number of imidazole rings is 1. The predicted octanol–water partition coefficient (Wildman–Crippen LogP) is 2.87. The molecule has 3 rings (SSSR count). The molecule has 24 heavy (non-hydrogen) atoms. The maximum atomic E-state index is 4.17. The Morgan fingerprint density at radius 2 is 1.88 bits per heavy atom. The molecule has 130 valence electrons. The number of aromatic nitrogens is 2. The van der Waals surface area contributed by atoms with Crippen LogP contribution in [0.4, 0.5) is 11.4 Å². The molecule has 0 unspecified atom stereocenters. The third-order valence-electron chi connectivity index (χ3n) is 4.86. The van der Waals surface area contributed by atoms with Gasteiger partial charge >= 0.3 is 0 Å². The molecule has 1 fully saturated rings. The number of piperazine rings is 1. The van der Waals surface area contributed by atoms with Gasteiger partial charge in [-0.1, -0.05) is 0 Å². The lowest BCUT2D eigenvalue weighted by Gasteiger charge is -2.38. The summed E-state index contributed by atoms with van der Waals surface area (Å²) in [4.78, 5) is 9.22. The molecule has 0 aliphatic carbocycles. The number of benzene rings is 1. The van der Waals surface area contributed by atoms with Crippen molar-refractivity contribution in [1.29, 1.82) is 0 Å². The molecule has 1 aromatic carbocycles. The summed E-state index contributed by atoms with van der Waals surface area (Å²) in [6, 6.07) is 7.42. The minimum absolute atomic E-state index is 0.640. The maximum Gasteiger partial charge on any atom is 0.0946 e. The fraction of sp³-hybridized carbons (Fsp3) is 0.526. The molecule has 1 N–H and O–H groups in total. The highest BCUT2D eigenvalue weighted by Crippen LogP contribution is 2.24. The van der Waals surface area contributed by atoms with Gasteiger partial charge in [0, 0.05) is 56.8 Å². The first-order chi connectivity index (χ1) is 11.5. The summed E-state index contributed by atoms with van der Waals surface area (Å²) in [5.41, 5.74) is 4.98. The van der Waals surface area contributed by atoms with Crippen LogP contribution in [0.3, 0.4) is 0 Å². The Bertz CT molecular complexity index is 668. The zero-order valence-corrected chi connectivity index (χ0v) is 15.3. The average molecular weight is 327 g/mol. The van der Waals surface area contributed by atoms with Gasteiger partial charge in [-0.3, -0.25) is 4.90 Å². The number of hydrogen-bond acceptors (Lipinski definition) is 4. The van der Waals surface area contributed by atoms with Crippen molar-refractivity contribution >= 4 is 11.4 Å². The highest BCUT2D eigenvalue weighted by molar-refractivity contribution is 5.60. The maximum absolute atomic E-state index is 4.17. The smallest absolute Gasteiger partial charge is 0.0946 e. The predicted molar refractivity (Wildman–Crippen MR) is 101 cm³/mol. The van der Waals surface area contributed by atoms with Crippen molar-refractivity contribution in [2.45, 2.75) is 33.4 Å². The van der Waals surface area contributed by atoms with Crippen LogP contribution in [0.15, 0.2) is 30.7 Å². The van der Waals surface area contributed by atoms with Gasteiger partial charge < -0.3 is 14.8 Å². The molecule has 1 aromatic heterocycles. The summed E-state index contributed by atoms with van der Waals surface area (Å²) in [5, 5.41) is 3.54. The number of rotatable bonds is 5. The SMILES string of the molecule is Cc1cc(NCc2cncn2C)cc(N2CCN(C(C)C)CC2)c1. The van der Waals surface area contributed by atoms with Gasteiger partial charge in [-0.15, -0.1) is 0 Å². The molecule has 2 heterocycles. The number of nitrogens with one attached hydrogen (secondary N) is 1. The van der Waals surface area contributed by atoms with Crippen LogP contribution in [-0.2, 0) is 13.6 Å². The van der Waals surface area contributed by atoms with E-state index in [4.69, 9.17) is 0 Å². The number of hydrogen-bond donors (Lipinski definition) is 1. The fourth-order valence-electron chi connectivity index (χ4n) is 3.29. The zero-order chi connectivity index (χ0) is 17.1. The van der Waals surface area contributed by atoms with Gasteiger partial charge in [0.2, 0.25) is 0 Å². The van der Waals surface area contributed by atoms with Crippen LogP contribution in [0.2, 0.25) is 0 Å². The monoisotopic (exact) mass is 327 g/mol. The van der Waals surface area contributed by atoms with E-state index in [9.17, 15) is 0 Å². The van der Waals surface area contributed by atoms with Crippen molar-refractivity contribution in [1.82, 2.24) is 14.5 Å². The first-order valence-electron chi connectivity index (χ1n) is 8.82. The summed E-state index contributed by atoms with van der Waals surface area (Å²) < 4.78 is 2.05. The van der Waals surface area contributed by atoms with Gasteiger partial charge in [0.25, 0.3) is 0 Å². The second-order valence-electron chi connectivity index (χ2n) is 7.02. The van der Waals surface area contributed by atoms with Crippen molar-refractivity contribution in [3.8, 4) is 0 Å². The molecular formula is C19H29N5. The third-order valence-corrected chi connectivity index (χ3v) is 4.86. The van der Waals surface area contributed by atoms with Crippen LogP contribution in [0.5, 0.6) is 0 Å². The Morgan fingerprint density at radius 3 is 2.50 bits per heavy atom. The van der Waals surface area contributed by atoms with Crippen molar-refractivity contribution in [3.63, 3.8) is 0 Å². The third kappa shape index (κ3) is 3.90. The molecule has 1 saturated heterocycles. The molecule has 1 aliphatic rings. The van der Waals surface area contributed by atoms with Crippen LogP contribution in [0.1, 0.15) is 25.1 Å². The minimum atomic E-state index is 0.640. The molecule has 0 atom stereocenters. The van der Waals surface area contributed by atoms with Crippen LogP contribution in [0.25, 0.3) is 0 Å². The van der Waals surface area contributed by atoms with E-state index in [0.717, 1.165) is 32.7 Å². The van der Waals surface area contributed by atoms with E-state index >= 15 is 0 Å². The molecule has 1 aliphatic heterocycles. The van der Waals surface area contributed by atoms with Crippen LogP contribution < -0.4 is 10.2 Å². The highest BCUT2D eigenvalue weighted by atomic mass is 15.3. The second kappa shape index (κ2) is 7.26. The lowest BCUT2D eigenvalue weighted by atomic mass is 10.1. The first-order valence-corrected chi connectivity index (χ1v) is 8.82. The van der Waals surface area contributed by atoms with Crippen LogP contribution in [0, 0.1) is 6.92 Å². The topological polar surface area (TPSA) is 36.3 Å². The van der Waals surface area contributed by atoms with Gasteiger partial charge in [-0.2, -0.15) is 0 Å². The van der Waals surface area contributed by atoms with E-state index in [1.54, 1.807) is 0 Å². The summed E-state index contributed by atoms with van der Waals surface area (Å²) in [7, 11) is 2.03. The Hall–Kier alpha value is -2.01. The standard InChI is InChI=1S/C19H29N5/c1-15(2)23-5-7-24(8-6-23)18-10-16(3)9-17(11-18)21-13-19-12-20-14-22(19)4/h9-12,14-15,21H,5-8,13H2,1-4H3. The van der Waals surface area contributed by atoms with Crippen LogP contribution >= 0.6 is 0 Å². The Balaban J connectivity index is 1.67. The number of anilines is 2. The van der Waals surface area contributed by atoms with E-state index in [2.05, 4.69) is 63.6 Å². The molecule has 5 nitrogen and oxygen atoms in total. The van der Waals surface area contributed by atoms with E-state index in [1.165, 1.54) is 22.6 Å². The first kappa shape index (κ1) is 16.8. The van der Waals surface area contributed by atoms with Gasteiger partial charge in [0.05, 0.1) is 18.6 Å². The Labute approximate surface area is 145 Å². The van der Waals surface area contributed by atoms with Crippen molar-refractivity contribution in [3.05, 3.63) is 42.0 Å². The molecule has 0 bridgehead atoms. The van der Waals surface area contributed by atoms with Gasteiger partial charge in [0.1, 0.15) is 0 Å². The van der Waals surface area contributed by atoms with E-state index in [1.807, 2.05) is 19.6 Å². The highest BCUT2D eigenvalue weighted by Gasteiger charge is 2.19. The minimum Gasteiger partial charge on any atom is -0.379 e. The summed E-state index contributed by atoms with van der Waals surface area (Å²) in [5.74, 6) is 0. The zero-order valence-electron chi connectivity index (χ0n) is 15.3. The quantitative estimate of drug-likeness (QED) is 0.916. The molecule has 0 spiro atoms. The second-order valence-corrected chi connectivity index (χ2v) is 7.02. The number of aryl methyl sites for hydroxylation is 2. The lowest BCUT2D eigenvalue weighted by molar-refractivity contribution is 0.209. The van der Waals surface area contributed by atoms with Crippen LogP contribution in [-0.4, -0.2) is 46.7 Å². The molecule has 5 heteroatoms. The van der Waals surface area contributed by atoms with Gasteiger partial charge in [-0.25, -0.2) is 4.98 Å². The fourth-order valence-corrected chi connectivity index (χ4v) is 3.29. The largest absolute Gasteiger partial charge is 0.379 e. The van der Waals surface area contributed by atoms with Gasteiger partial charge in [0.15, 0.2) is 0 Å². The van der Waals surface area contributed by atoms with E-state index in [-0.39, 0.29) is 0 Å².